The fraction of sp³-hybridized carbons (Fsp3) is 0.348. The maximum atomic E-state index is 14.4. The lowest BCUT2D eigenvalue weighted by molar-refractivity contribution is -0.144. The highest BCUT2D eigenvalue weighted by Crippen LogP contribution is 2.39. The van der Waals surface area contributed by atoms with Crippen molar-refractivity contribution in [3.63, 3.8) is 0 Å². The van der Waals surface area contributed by atoms with Crippen LogP contribution in [-0.2, 0) is 36.8 Å². The topological polar surface area (TPSA) is 240 Å². The number of aromatic hydroxyl groups is 2. The molecule has 0 aliphatic carbocycles. The average molecular weight is 835 g/mol. The molecular formula is C46H54N6O9. The Labute approximate surface area is 354 Å². The van der Waals surface area contributed by atoms with Crippen molar-refractivity contribution in [1.82, 2.24) is 26.2 Å². The smallest absolute Gasteiger partial charge is 0.326 e. The number of hydrogen-bond acceptors (Lipinski definition) is 9. The maximum absolute atomic E-state index is 14.4. The number of phenols is 2. The van der Waals surface area contributed by atoms with E-state index in [4.69, 9.17) is 5.73 Å². The largest absolute Gasteiger partial charge is 0.507 e. The zero-order valence-corrected chi connectivity index (χ0v) is 34.6. The summed E-state index contributed by atoms with van der Waals surface area (Å²) in [5.74, 6) is -5.01. The van der Waals surface area contributed by atoms with Gasteiger partial charge in [0, 0.05) is 43.1 Å². The number of nitrogens with zero attached hydrogens (tertiary/aromatic N) is 1. The van der Waals surface area contributed by atoms with Gasteiger partial charge >= 0.3 is 5.97 Å². The van der Waals surface area contributed by atoms with Crippen LogP contribution in [0.15, 0.2) is 84.9 Å². The number of carbonyl (C=O) groups excluding carboxylic acids is 5. The molecule has 0 radical (unpaired) electrons. The number of likely N-dealkylation sites (N-methyl/N-ethyl adjacent to an activating group) is 1. The summed E-state index contributed by atoms with van der Waals surface area (Å²) in [6.07, 6.45) is 2.91. The Kier molecular flexibility index (Phi) is 15.6. The quantitative estimate of drug-likeness (QED) is 0.0803. The van der Waals surface area contributed by atoms with Crippen molar-refractivity contribution in [3.05, 3.63) is 107 Å². The molecule has 5 amide bonds. The van der Waals surface area contributed by atoms with Crippen LogP contribution in [0.4, 0.5) is 0 Å². The predicted molar refractivity (Wildman–Crippen MR) is 229 cm³/mol. The lowest BCUT2D eigenvalue weighted by atomic mass is 9.93. The van der Waals surface area contributed by atoms with E-state index in [2.05, 4.69) is 52.5 Å². The summed E-state index contributed by atoms with van der Waals surface area (Å²) in [6, 6.07) is 18.7. The fourth-order valence-electron chi connectivity index (χ4n) is 7.25. The highest BCUT2D eigenvalue weighted by atomic mass is 16.4. The molecule has 0 fully saturated rings. The molecule has 4 aromatic carbocycles. The summed E-state index contributed by atoms with van der Waals surface area (Å²) < 4.78 is 0. The van der Waals surface area contributed by atoms with Gasteiger partial charge in [-0.15, -0.1) is 0 Å². The second-order valence-corrected chi connectivity index (χ2v) is 15.2. The minimum Gasteiger partial charge on any atom is -0.507 e. The summed E-state index contributed by atoms with van der Waals surface area (Å²) >= 11 is 0. The molecule has 1 unspecified atom stereocenters. The molecular weight excluding hydrogens is 781 g/mol. The molecule has 5 rings (SSSR count). The number of fused-ring (bicyclic) bond motifs is 5. The number of amides is 5. The van der Waals surface area contributed by atoms with Crippen LogP contribution in [0.1, 0.15) is 79.0 Å². The van der Waals surface area contributed by atoms with Crippen LogP contribution in [0.3, 0.4) is 0 Å². The van der Waals surface area contributed by atoms with E-state index in [1.807, 2.05) is 12.1 Å². The molecule has 15 heteroatoms. The number of nitrogens with one attached hydrogen (secondary N) is 4. The molecule has 15 nitrogen and oxygen atoms in total. The number of rotatable bonds is 15. The van der Waals surface area contributed by atoms with E-state index >= 15 is 0 Å². The SMILES string of the molecule is CCCc1ccc(-c2ccc(C(=O)NCCC(=O)NC(CCCCN)C(=O)N(C)[C@H]3C(=O)N[C@@H](C)C(=O)N[C@@H](C(=O)O)Cc4ccc(O)c(c4)-c4cc3ccc4O)cc2)cc1. The third kappa shape index (κ3) is 11.7. The van der Waals surface area contributed by atoms with Gasteiger partial charge in [0.2, 0.25) is 23.6 Å². The lowest BCUT2D eigenvalue weighted by Gasteiger charge is -2.32. The number of benzene rings is 4. The summed E-state index contributed by atoms with van der Waals surface area (Å²) in [5.41, 5.74) is 10.3. The normalized spacial score (nSPS) is 16.9. The van der Waals surface area contributed by atoms with Gasteiger partial charge in [0.05, 0.1) is 0 Å². The molecule has 4 aromatic rings. The number of nitrogens with two attached hydrogens (primary N) is 1. The summed E-state index contributed by atoms with van der Waals surface area (Å²) in [6.45, 7) is 3.81. The molecule has 0 saturated carbocycles. The Morgan fingerprint density at radius 2 is 1.49 bits per heavy atom. The van der Waals surface area contributed by atoms with Crippen LogP contribution in [0.2, 0.25) is 0 Å². The number of carbonyl (C=O) groups is 6. The molecule has 4 atom stereocenters. The first-order chi connectivity index (χ1) is 29.2. The van der Waals surface area contributed by atoms with E-state index < -0.39 is 53.8 Å². The number of aliphatic carboxylic acids is 1. The second kappa shape index (κ2) is 21.0. The van der Waals surface area contributed by atoms with Crippen molar-refractivity contribution in [2.24, 2.45) is 5.73 Å². The third-order valence-corrected chi connectivity index (χ3v) is 10.7. The summed E-state index contributed by atoms with van der Waals surface area (Å²) in [5, 5.41) is 42.2. The van der Waals surface area contributed by atoms with Crippen LogP contribution >= 0.6 is 0 Å². The van der Waals surface area contributed by atoms with Crippen LogP contribution < -0.4 is 27.0 Å². The van der Waals surface area contributed by atoms with Gasteiger partial charge in [0.15, 0.2) is 0 Å². The fourth-order valence-corrected chi connectivity index (χ4v) is 7.25. The molecule has 0 aromatic heterocycles. The van der Waals surface area contributed by atoms with Crippen molar-refractivity contribution in [3.8, 4) is 33.8 Å². The average Bonchev–Trinajstić information content (AvgIpc) is 3.24. The van der Waals surface area contributed by atoms with Crippen molar-refractivity contribution >= 4 is 35.5 Å². The van der Waals surface area contributed by atoms with E-state index in [9.17, 15) is 44.1 Å². The number of hydrogen-bond donors (Lipinski definition) is 8. The second-order valence-electron chi connectivity index (χ2n) is 15.2. The molecule has 0 saturated heterocycles. The monoisotopic (exact) mass is 834 g/mol. The molecule has 0 spiro atoms. The van der Waals surface area contributed by atoms with Gasteiger partial charge in [-0.1, -0.05) is 61.9 Å². The first-order valence-corrected chi connectivity index (χ1v) is 20.4. The highest BCUT2D eigenvalue weighted by molar-refractivity contribution is 5.97. The summed E-state index contributed by atoms with van der Waals surface area (Å²) in [7, 11) is 1.36. The van der Waals surface area contributed by atoms with Crippen molar-refractivity contribution in [2.45, 2.75) is 83.0 Å². The molecule has 1 heterocycles. The molecule has 9 N–H and O–H groups in total. The number of carboxylic acid groups (broad SMARTS) is 1. The van der Waals surface area contributed by atoms with E-state index in [1.165, 1.54) is 55.9 Å². The van der Waals surface area contributed by atoms with Gasteiger partial charge in [-0.3, -0.25) is 24.0 Å². The minimum absolute atomic E-state index is 0.0249. The first kappa shape index (κ1) is 45.3. The Morgan fingerprint density at radius 1 is 0.852 bits per heavy atom. The van der Waals surface area contributed by atoms with Crippen molar-refractivity contribution in [2.75, 3.05) is 20.1 Å². The van der Waals surface area contributed by atoms with Gasteiger partial charge in [-0.25, -0.2) is 4.79 Å². The van der Waals surface area contributed by atoms with Gasteiger partial charge in [0.1, 0.15) is 35.7 Å². The van der Waals surface area contributed by atoms with Crippen molar-refractivity contribution in [1.29, 1.82) is 0 Å². The molecule has 4 bridgehead atoms. The molecule has 61 heavy (non-hydrogen) atoms. The van der Waals surface area contributed by atoms with E-state index in [-0.39, 0.29) is 59.9 Å². The molecule has 322 valence electrons. The van der Waals surface area contributed by atoms with Crippen LogP contribution in [0.5, 0.6) is 11.5 Å². The van der Waals surface area contributed by atoms with Gasteiger partial charge in [-0.2, -0.15) is 0 Å². The number of phenolic OH excluding ortho intramolecular Hbond substituents is 2. The number of carboxylic acids is 1. The van der Waals surface area contributed by atoms with E-state index in [1.54, 1.807) is 12.1 Å². The highest BCUT2D eigenvalue weighted by Gasteiger charge is 2.36. The zero-order valence-electron chi connectivity index (χ0n) is 34.6. The lowest BCUT2D eigenvalue weighted by Crippen LogP contribution is -2.54. The first-order valence-electron chi connectivity index (χ1n) is 20.4. The summed E-state index contributed by atoms with van der Waals surface area (Å²) in [4.78, 5) is 81.3. The predicted octanol–water partition coefficient (Wildman–Crippen LogP) is 3.95. The van der Waals surface area contributed by atoms with Gasteiger partial charge in [-0.05, 0) is 103 Å². The number of aryl methyl sites for hydroxylation is 1. The third-order valence-electron chi connectivity index (χ3n) is 10.7. The van der Waals surface area contributed by atoms with Crippen LogP contribution in [0.25, 0.3) is 22.3 Å². The maximum Gasteiger partial charge on any atom is 0.326 e. The molecule has 1 aliphatic rings. The van der Waals surface area contributed by atoms with Gasteiger partial charge < -0.3 is 47.2 Å². The Morgan fingerprint density at radius 3 is 2.13 bits per heavy atom. The Balaban J connectivity index is 1.33. The van der Waals surface area contributed by atoms with Crippen molar-refractivity contribution < 1.29 is 44.1 Å². The Bertz CT molecular complexity index is 2230. The van der Waals surface area contributed by atoms with Gasteiger partial charge in [0.25, 0.3) is 5.91 Å². The molecule has 1 aliphatic heterocycles. The van der Waals surface area contributed by atoms with E-state index in [0.717, 1.165) is 28.9 Å². The standard InChI is InChI=1S/C46H54N6O9/c1-4-7-28-9-12-30(13-10-28)31-14-16-32(17-15-31)43(57)48-23-21-40(55)50-36(8-5-6-22-47)45(59)52(3)41-33-18-20-39(54)35(26-33)34-24-29(11-19-38(34)53)25-37(46(60)61)51-42(56)27(2)49-44(41)58/h9-20,24,26-27,36-37,41,53-54H,4-8,21-23,25,47H2,1-3H3,(H,48,57)(H,49,58)(H,50,55)(H,51,56)(H,60,61)/t27-,36?,37+,41+/m0/s1. The van der Waals surface area contributed by atoms with Crippen LogP contribution in [0, 0.1) is 0 Å². The number of unbranched alkanes of at least 4 members (excludes halogenated alkanes) is 1. The zero-order chi connectivity index (χ0) is 44.2. The minimum atomic E-state index is -1.44. The Hall–Kier alpha value is -6.74. The van der Waals surface area contributed by atoms with Crippen LogP contribution in [-0.4, -0.2) is 94.0 Å². The van der Waals surface area contributed by atoms with E-state index in [0.29, 0.717) is 30.5 Å².